The molecule has 0 amide bonds. The predicted octanol–water partition coefficient (Wildman–Crippen LogP) is 3.55. The fourth-order valence-corrected chi connectivity index (χ4v) is 2.28. The number of nitrogens with zero attached hydrogens (tertiary/aromatic N) is 1. The number of nitrogen functional groups attached to an aromatic ring is 1. The normalized spacial score (nSPS) is 12.3. The van der Waals surface area contributed by atoms with E-state index in [-0.39, 0.29) is 11.1 Å². The Balaban J connectivity index is 2.47. The van der Waals surface area contributed by atoms with Gasteiger partial charge in [0.15, 0.2) is 0 Å². The van der Waals surface area contributed by atoms with Crippen molar-refractivity contribution in [2.24, 2.45) is 0 Å². The summed E-state index contributed by atoms with van der Waals surface area (Å²) in [6, 6.07) is 8.24. The van der Waals surface area contributed by atoms with Crippen LogP contribution >= 0.6 is 11.6 Å². The van der Waals surface area contributed by atoms with Gasteiger partial charge in [0.2, 0.25) is 0 Å². The standard InChI is InChI=1S/C15H17ClFN3/c1-2-8-19-14(11-6-4-9-20-15(11)18)10-5-3-7-12(16)13(10)17/h3-7,9,14,19H,2,8H2,1H3,(H2,18,20). The van der Waals surface area contributed by atoms with Gasteiger partial charge in [0.25, 0.3) is 0 Å². The summed E-state index contributed by atoms with van der Waals surface area (Å²) < 4.78 is 14.3. The second-order valence-corrected chi connectivity index (χ2v) is 4.92. The molecule has 2 rings (SSSR count). The molecule has 1 aromatic heterocycles. The highest BCUT2D eigenvalue weighted by Crippen LogP contribution is 2.30. The van der Waals surface area contributed by atoms with Crippen LogP contribution in [0.1, 0.15) is 30.5 Å². The van der Waals surface area contributed by atoms with Gasteiger partial charge in [-0.2, -0.15) is 0 Å². The van der Waals surface area contributed by atoms with Crippen molar-refractivity contribution in [3.8, 4) is 0 Å². The molecule has 20 heavy (non-hydrogen) atoms. The van der Waals surface area contributed by atoms with E-state index < -0.39 is 5.82 Å². The fraction of sp³-hybridized carbons (Fsp3) is 0.267. The lowest BCUT2D eigenvalue weighted by atomic mass is 9.98. The summed E-state index contributed by atoms with van der Waals surface area (Å²) in [7, 11) is 0. The Bertz CT molecular complexity index is 589. The first kappa shape index (κ1) is 14.8. The first-order valence-corrected chi connectivity index (χ1v) is 6.90. The van der Waals surface area contributed by atoms with Crippen molar-refractivity contribution in [3.63, 3.8) is 0 Å². The molecule has 0 saturated heterocycles. The minimum Gasteiger partial charge on any atom is -0.383 e. The monoisotopic (exact) mass is 293 g/mol. The van der Waals surface area contributed by atoms with Gasteiger partial charge in [0.1, 0.15) is 11.6 Å². The quantitative estimate of drug-likeness (QED) is 0.886. The molecule has 5 heteroatoms. The number of nitrogens with two attached hydrogens (primary N) is 1. The van der Waals surface area contributed by atoms with Crippen molar-refractivity contribution in [2.45, 2.75) is 19.4 Å². The molecule has 1 unspecified atom stereocenters. The maximum absolute atomic E-state index is 14.3. The molecular formula is C15H17ClFN3. The highest BCUT2D eigenvalue weighted by molar-refractivity contribution is 6.30. The van der Waals surface area contributed by atoms with E-state index in [0.29, 0.717) is 11.4 Å². The predicted molar refractivity (Wildman–Crippen MR) is 80.2 cm³/mol. The van der Waals surface area contributed by atoms with Crippen molar-refractivity contribution < 1.29 is 4.39 Å². The summed E-state index contributed by atoms with van der Waals surface area (Å²) in [5.74, 6) is -0.0356. The number of hydrogen-bond donors (Lipinski definition) is 2. The Labute approximate surface area is 123 Å². The van der Waals surface area contributed by atoms with E-state index in [1.807, 2.05) is 13.0 Å². The summed E-state index contributed by atoms with van der Waals surface area (Å²) in [6.07, 6.45) is 2.54. The highest BCUT2D eigenvalue weighted by atomic mass is 35.5. The summed E-state index contributed by atoms with van der Waals surface area (Å²) in [6.45, 7) is 2.79. The maximum Gasteiger partial charge on any atom is 0.146 e. The average molecular weight is 294 g/mol. The van der Waals surface area contributed by atoms with Crippen molar-refractivity contribution in [2.75, 3.05) is 12.3 Å². The zero-order valence-corrected chi connectivity index (χ0v) is 12.0. The van der Waals surface area contributed by atoms with Gasteiger partial charge in [0.05, 0.1) is 11.1 Å². The number of anilines is 1. The average Bonchev–Trinajstić information content (AvgIpc) is 2.45. The largest absolute Gasteiger partial charge is 0.383 e. The Morgan fingerprint density at radius 1 is 1.30 bits per heavy atom. The van der Waals surface area contributed by atoms with Crippen LogP contribution in [0.15, 0.2) is 36.5 Å². The molecule has 1 aromatic carbocycles. The molecule has 3 N–H and O–H groups in total. The van der Waals surface area contributed by atoms with Crippen LogP contribution in [0.2, 0.25) is 5.02 Å². The molecule has 2 aromatic rings. The number of nitrogens with one attached hydrogen (secondary N) is 1. The summed E-state index contributed by atoms with van der Waals surface area (Å²) >= 11 is 5.87. The molecule has 106 valence electrons. The van der Waals surface area contributed by atoms with Gasteiger partial charge in [-0.1, -0.05) is 36.7 Å². The second-order valence-electron chi connectivity index (χ2n) is 4.51. The van der Waals surface area contributed by atoms with E-state index in [0.717, 1.165) is 18.5 Å². The minimum atomic E-state index is -0.425. The molecular weight excluding hydrogens is 277 g/mol. The number of rotatable bonds is 5. The van der Waals surface area contributed by atoms with Crippen molar-refractivity contribution in [1.82, 2.24) is 10.3 Å². The van der Waals surface area contributed by atoms with Crippen LogP contribution < -0.4 is 11.1 Å². The molecule has 0 saturated carbocycles. The minimum absolute atomic E-state index is 0.105. The van der Waals surface area contributed by atoms with Crippen LogP contribution in [-0.2, 0) is 0 Å². The van der Waals surface area contributed by atoms with E-state index in [1.54, 1.807) is 24.4 Å². The maximum atomic E-state index is 14.3. The first-order valence-electron chi connectivity index (χ1n) is 6.52. The SMILES string of the molecule is CCCNC(c1cccnc1N)c1cccc(Cl)c1F. The van der Waals surface area contributed by atoms with Crippen LogP contribution in [0.4, 0.5) is 10.2 Å². The first-order chi connectivity index (χ1) is 9.65. The van der Waals surface area contributed by atoms with Crippen molar-refractivity contribution in [3.05, 3.63) is 58.5 Å². The zero-order valence-electron chi connectivity index (χ0n) is 11.2. The lowest BCUT2D eigenvalue weighted by Crippen LogP contribution is -2.25. The molecule has 1 atom stereocenters. The van der Waals surface area contributed by atoms with Gasteiger partial charge < -0.3 is 11.1 Å². The molecule has 0 aliphatic heterocycles. The van der Waals surface area contributed by atoms with Gasteiger partial charge in [-0.3, -0.25) is 0 Å². The molecule has 0 radical (unpaired) electrons. The van der Waals surface area contributed by atoms with Gasteiger partial charge >= 0.3 is 0 Å². The number of pyridine rings is 1. The van der Waals surface area contributed by atoms with Crippen LogP contribution in [0.3, 0.4) is 0 Å². The fourth-order valence-electron chi connectivity index (χ4n) is 2.09. The van der Waals surface area contributed by atoms with E-state index in [2.05, 4.69) is 10.3 Å². The van der Waals surface area contributed by atoms with Gasteiger partial charge in [-0.25, -0.2) is 9.37 Å². The van der Waals surface area contributed by atoms with Crippen LogP contribution in [0, 0.1) is 5.82 Å². The lowest BCUT2D eigenvalue weighted by Gasteiger charge is -2.21. The van der Waals surface area contributed by atoms with E-state index in [4.69, 9.17) is 17.3 Å². The molecule has 0 bridgehead atoms. The molecule has 1 heterocycles. The molecule has 0 aliphatic carbocycles. The topological polar surface area (TPSA) is 50.9 Å². The molecule has 0 spiro atoms. The van der Waals surface area contributed by atoms with Crippen molar-refractivity contribution >= 4 is 17.4 Å². The van der Waals surface area contributed by atoms with Crippen molar-refractivity contribution in [1.29, 1.82) is 0 Å². The van der Waals surface area contributed by atoms with E-state index >= 15 is 0 Å². The number of benzene rings is 1. The highest BCUT2D eigenvalue weighted by Gasteiger charge is 2.21. The lowest BCUT2D eigenvalue weighted by molar-refractivity contribution is 0.547. The third-order valence-electron chi connectivity index (χ3n) is 3.07. The smallest absolute Gasteiger partial charge is 0.146 e. The number of aromatic nitrogens is 1. The van der Waals surface area contributed by atoms with E-state index in [9.17, 15) is 4.39 Å². The van der Waals surface area contributed by atoms with E-state index in [1.165, 1.54) is 6.07 Å². The Morgan fingerprint density at radius 3 is 2.75 bits per heavy atom. The van der Waals surface area contributed by atoms with Crippen LogP contribution in [-0.4, -0.2) is 11.5 Å². The Morgan fingerprint density at radius 2 is 2.05 bits per heavy atom. The summed E-state index contributed by atoms with van der Waals surface area (Å²) in [5, 5.41) is 3.40. The Hall–Kier alpha value is -1.65. The molecule has 0 aliphatic rings. The zero-order chi connectivity index (χ0) is 14.5. The summed E-state index contributed by atoms with van der Waals surface area (Å²) in [4.78, 5) is 4.07. The Kier molecular flexibility index (Phi) is 4.93. The summed E-state index contributed by atoms with van der Waals surface area (Å²) in [5.41, 5.74) is 7.14. The van der Waals surface area contributed by atoms with Crippen LogP contribution in [0.5, 0.6) is 0 Å². The third kappa shape index (κ3) is 3.08. The number of halogens is 2. The number of hydrogen-bond acceptors (Lipinski definition) is 3. The molecule has 3 nitrogen and oxygen atoms in total. The van der Waals surface area contributed by atoms with Crippen LogP contribution in [0.25, 0.3) is 0 Å². The third-order valence-corrected chi connectivity index (χ3v) is 3.37. The molecule has 0 fully saturated rings. The van der Waals surface area contributed by atoms with Gasteiger partial charge in [0, 0.05) is 17.3 Å². The van der Waals surface area contributed by atoms with Gasteiger partial charge in [-0.15, -0.1) is 0 Å². The van der Waals surface area contributed by atoms with Gasteiger partial charge in [-0.05, 0) is 25.1 Å². The second kappa shape index (κ2) is 6.68.